The molecule has 0 bridgehead atoms. The maximum atomic E-state index is 12.7. The molecule has 1 amide bonds. The molecule has 5 heteroatoms. The van der Waals surface area contributed by atoms with Gasteiger partial charge in [0.1, 0.15) is 6.10 Å². The Hall–Kier alpha value is -1.88. The Morgan fingerprint density at radius 2 is 1.96 bits per heavy atom. The first kappa shape index (κ1) is 17.9. The highest BCUT2D eigenvalue weighted by atomic mass is 79.9. The van der Waals surface area contributed by atoms with Gasteiger partial charge in [0, 0.05) is 24.7 Å². The maximum Gasteiger partial charge on any atom is 0.253 e. The smallest absolute Gasteiger partial charge is 0.253 e. The molecule has 1 fully saturated rings. The third kappa shape index (κ3) is 4.21. The van der Waals surface area contributed by atoms with Crippen LogP contribution in [0.4, 0.5) is 0 Å². The standard InChI is InChI=1S/C20H23BrN2O2/c1-20(2,3)15-8-6-14(7-9-15)19(24)23-12-10-16(13-23)25-18-17(21)5-4-11-22-18/h4-9,11,16H,10,12-13H2,1-3H3/t16-/m0/s1. The third-order valence-electron chi connectivity index (χ3n) is 4.43. The third-order valence-corrected chi connectivity index (χ3v) is 5.04. The fourth-order valence-corrected chi connectivity index (χ4v) is 3.27. The predicted octanol–water partition coefficient (Wildman–Crippen LogP) is 4.44. The van der Waals surface area contributed by atoms with Crippen molar-refractivity contribution in [1.29, 1.82) is 0 Å². The van der Waals surface area contributed by atoms with Crippen LogP contribution in [0.25, 0.3) is 0 Å². The molecule has 0 unspecified atom stereocenters. The van der Waals surface area contributed by atoms with Crippen LogP contribution in [0.3, 0.4) is 0 Å². The minimum absolute atomic E-state index is 0.0241. The number of carbonyl (C=O) groups is 1. The second-order valence-corrected chi connectivity index (χ2v) is 8.25. The molecule has 2 aromatic rings. The number of carbonyl (C=O) groups excluding carboxylic acids is 1. The summed E-state index contributed by atoms with van der Waals surface area (Å²) in [5.74, 6) is 0.642. The lowest BCUT2D eigenvalue weighted by molar-refractivity contribution is 0.0771. The first-order valence-electron chi connectivity index (χ1n) is 8.51. The molecule has 25 heavy (non-hydrogen) atoms. The number of halogens is 1. The van der Waals surface area contributed by atoms with E-state index in [1.54, 1.807) is 6.20 Å². The van der Waals surface area contributed by atoms with E-state index in [1.165, 1.54) is 5.56 Å². The quantitative estimate of drug-likeness (QED) is 0.761. The van der Waals surface area contributed by atoms with E-state index in [0.717, 1.165) is 16.5 Å². The summed E-state index contributed by atoms with van der Waals surface area (Å²) in [5, 5.41) is 0. The molecule has 2 heterocycles. The second kappa shape index (κ2) is 7.16. The van der Waals surface area contributed by atoms with Gasteiger partial charge >= 0.3 is 0 Å². The van der Waals surface area contributed by atoms with Crippen LogP contribution in [-0.4, -0.2) is 35.0 Å². The highest BCUT2D eigenvalue weighted by molar-refractivity contribution is 9.10. The van der Waals surface area contributed by atoms with Gasteiger partial charge in [-0.15, -0.1) is 0 Å². The molecule has 1 saturated heterocycles. The van der Waals surface area contributed by atoms with Crippen LogP contribution in [-0.2, 0) is 5.41 Å². The van der Waals surface area contributed by atoms with Crippen molar-refractivity contribution in [3.05, 3.63) is 58.2 Å². The average molecular weight is 403 g/mol. The molecular weight excluding hydrogens is 380 g/mol. The highest BCUT2D eigenvalue weighted by Crippen LogP contribution is 2.26. The van der Waals surface area contributed by atoms with E-state index in [2.05, 4.69) is 41.7 Å². The SMILES string of the molecule is CC(C)(C)c1ccc(C(=O)N2CC[C@H](Oc3ncccc3Br)C2)cc1. The van der Waals surface area contributed by atoms with Crippen LogP contribution < -0.4 is 4.74 Å². The van der Waals surface area contributed by atoms with Gasteiger partial charge in [-0.25, -0.2) is 4.98 Å². The number of rotatable bonds is 3. The molecular formula is C20H23BrN2O2. The fraction of sp³-hybridized carbons (Fsp3) is 0.400. The molecule has 0 N–H and O–H groups in total. The fourth-order valence-electron chi connectivity index (χ4n) is 2.92. The number of benzene rings is 1. The van der Waals surface area contributed by atoms with Crippen molar-refractivity contribution < 1.29 is 9.53 Å². The summed E-state index contributed by atoms with van der Waals surface area (Å²) >= 11 is 3.44. The lowest BCUT2D eigenvalue weighted by Crippen LogP contribution is -2.31. The molecule has 0 saturated carbocycles. The number of hydrogen-bond donors (Lipinski definition) is 0. The van der Waals surface area contributed by atoms with E-state index >= 15 is 0 Å². The van der Waals surface area contributed by atoms with Gasteiger partial charge in [-0.2, -0.15) is 0 Å². The van der Waals surface area contributed by atoms with Crippen LogP contribution in [0, 0.1) is 0 Å². The lowest BCUT2D eigenvalue weighted by Gasteiger charge is -2.20. The molecule has 0 aliphatic carbocycles. The second-order valence-electron chi connectivity index (χ2n) is 7.40. The normalized spacial score (nSPS) is 17.6. The van der Waals surface area contributed by atoms with Crippen molar-refractivity contribution in [1.82, 2.24) is 9.88 Å². The molecule has 1 aromatic heterocycles. The molecule has 132 valence electrons. The van der Waals surface area contributed by atoms with Crippen LogP contribution in [0.15, 0.2) is 47.1 Å². The van der Waals surface area contributed by atoms with Gasteiger partial charge in [0.2, 0.25) is 5.88 Å². The monoisotopic (exact) mass is 402 g/mol. The number of aromatic nitrogens is 1. The summed E-state index contributed by atoms with van der Waals surface area (Å²) in [4.78, 5) is 18.8. The van der Waals surface area contributed by atoms with Crippen molar-refractivity contribution in [3.63, 3.8) is 0 Å². The van der Waals surface area contributed by atoms with Gasteiger partial charge in [-0.3, -0.25) is 4.79 Å². The van der Waals surface area contributed by atoms with Crippen LogP contribution in [0.2, 0.25) is 0 Å². The maximum absolute atomic E-state index is 12.7. The molecule has 1 atom stereocenters. The Bertz CT molecular complexity index is 753. The number of amides is 1. The van der Waals surface area contributed by atoms with E-state index in [9.17, 15) is 4.79 Å². The number of likely N-dealkylation sites (tertiary alicyclic amines) is 1. The van der Waals surface area contributed by atoms with Gasteiger partial charge in [-0.05, 0) is 51.2 Å². The summed E-state index contributed by atoms with van der Waals surface area (Å²) < 4.78 is 6.77. The zero-order valence-corrected chi connectivity index (χ0v) is 16.4. The summed E-state index contributed by atoms with van der Waals surface area (Å²) in [5.41, 5.74) is 2.05. The predicted molar refractivity (Wildman–Crippen MR) is 102 cm³/mol. The van der Waals surface area contributed by atoms with Gasteiger partial charge in [0.25, 0.3) is 5.91 Å². The molecule has 3 rings (SSSR count). The summed E-state index contributed by atoms with van der Waals surface area (Å²) in [6.07, 6.45) is 2.49. The summed E-state index contributed by atoms with van der Waals surface area (Å²) in [6, 6.07) is 11.7. The first-order valence-corrected chi connectivity index (χ1v) is 9.31. The van der Waals surface area contributed by atoms with Gasteiger partial charge in [0.15, 0.2) is 0 Å². The average Bonchev–Trinajstić information content (AvgIpc) is 3.04. The highest BCUT2D eigenvalue weighted by Gasteiger charge is 2.29. The molecule has 0 radical (unpaired) electrons. The van der Waals surface area contributed by atoms with Crippen molar-refractivity contribution in [3.8, 4) is 5.88 Å². The number of pyridine rings is 1. The molecule has 1 aliphatic heterocycles. The van der Waals surface area contributed by atoms with E-state index in [-0.39, 0.29) is 17.4 Å². The van der Waals surface area contributed by atoms with Crippen molar-refractivity contribution >= 4 is 21.8 Å². The Labute approximate surface area is 157 Å². The summed E-state index contributed by atoms with van der Waals surface area (Å²) in [6.45, 7) is 7.80. The van der Waals surface area contributed by atoms with Crippen LogP contribution in [0.1, 0.15) is 43.1 Å². The zero-order valence-electron chi connectivity index (χ0n) is 14.8. The van der Waals surface area contributed by atoms with Gasteiger partial charge in [0.05, 0.1) is 11.0 Å². The van der Waals surface area contributed by atoms with Crippen LogP contribution in [0.5, 0.6) is 5.88 Å². The summed E-state index contributed by atoms with van der Waals surface area (Å²) in [7, 11) is 0. The van der Waals surface area contributed by atoms with E-state index in [1.807, 2.05) is 41.3 Å². The van der Waals surface area contributed by atoms with Gasteiger partial charge < -0.3 is 9.64 Å². The van der Waals surface area contributed by atoms with Crippen molar-refractivity contribution in [2.24, 2.45) is 0 Å². The Kier molecular flexibility index (Phi) is 5.13. The largest absolute Gasteiger partial charge is 0.472 e. The van der Waals surface area contributed by atoms with E-state index in [4.69, 9.17) is 4.74 Å². The van der Waals surface area contributed by atoms with E-state index < -0.39 is 0 Å². The van der Waals surface area contributed by atoms with Crippen molar-refractivity contribution in [2.75, 3.05) is 13.1 Å². The van der Waals surface area contributed by atoms with E-state index in [0.29, 0.717) is 19.0 Å². The van der Waals surface area contributed by atoms with Crippen LogP contribution >= 0.6 is 15.9 Å². The van der Waals surface area contributed by atoms with Crippen molar-refractivity contribution in [2.45, 2.75) is 38.7 Å². The number of hydrogen-bond acceptors (Lipinski definition) is 3. The Morgan fingerprint density at radius 3 is 2.60 bits per heavy atom. The lowest BCUT2D eigenvalue weighted by atomic mass is 9.86. The zero-order chi connectivity index (χ0) is 18.0. The Morgan fingerprint density at radius 1 is 1.24 bits per heavy atom. The molecule has 1 aliphatic rings. The first-order chi connectivity index (χ1) is 11.8. The molecule has 1 aromatic carbocycles. The minimum atomic E-state index is -0.0241. The molecule has 4 nitrogen and oxygen atoms in total. The number of nitrogens with zero attached hydrogens (tertiary/aromatic N) is 2. The van der Waals surface area contributed by atoms with Gasteiger partial charge in [-0.1, -0.05) is 32.9 Å². The molecule has 0 spiro atoms. The number of ether oxygens (including phenoxy) is 1. The topological polar surface area (TPSA) is 42.4 Å². The minimum Gasteiger partial charge on any atom is -0.472 e. The Balaban J connectivity index is 1.63.